The van der Waals surface area contributed by atoms with Crippen LogP contribution in [0, 0.1) is 5.92 Å². The van der Waals surface area contributed by atoms with Crippen LogP contribution in [0.15, 0.2) is 18.2 Å². The molecule has 0 radical (unpaired) electrons. The number of carbonyl (C=O) groups excluding carboxylic acids is 2. The van der Waals surface area contributed by atoms with Crippen molar-refractivity contribution in [2.75, 3.05) is 7.05 Å². The number of hydrogen-bond acceptors (Lipinski definition) is 2. The molecule has 1 N–H and O–H groups in total. The van der Waals surface area contributed by atoms with Gasteiger partial charge in [-0.1, -0.05) is 19.1 Å². The maximum absolute atomic E-state index is 11.7. The molecule has 0 heterocycles. The molecule has 2 rings (SSSR count). The molecule has 1 aliphatic rings. The van der Waals surface area contributed by atoms with E-state index in [0.29, 0.717) is 6.42 Å². The molecule has 0 fully saturated rings. The predicted molar refractivity (Wildman–Crippen MR) is 70.6 cm³/mol. The number of ketones is 1. The number of benzene rings is 1. The van der Waals surface area contributed by atoms with Gasteiger partial charge in [0.25, 0.3) is 0 Å². The second kappa shape index (κ2) is 5.34. The van der Waals surface area contributed by atoms with Crippen molar-refractivity contribution >= 4 is 11.7 Å². The highest BCUT2D eigenvalue weighted by Crippen LogP contribution is 2.26. The Morgan fingerprint density at radius 3 is 2.78 bits per heavy atom. The van der Waals surface area contributed by atoms with Crippen LogP contribution < -0.4 is 5.32 Å². The van der Waals surface area contributed by atoms with Crippen molar-refractivity contribution in [3.05, 3.63) is 34.9 Å². The van der Waals surface area contributed by atoms with Gasteiger partial charge in [-0.2, -0.15) is 0 Å². The van der Waals surface area contributed by atoms with Gasteiger partial charge < -0.3 is 5.32 Å². The van der Waals surface area contributed by atoms with Gasteiger partial charge in [-0.15, -0.1) is 0 Å². The molecule has 3 nitrogen and oxygen atoms in total. The van der Waals surface area contributed by atoms with Crippen molar-refractivity contribution < 1.29 is 9.59 Å². The van der Waals surface area contributed by atoms with Crippen molar-refractivity contribution in [3.63, 3.8) is 0 Å². The molecule has 0 aliphatic heterocycles. The Hall–Kier alpha value is -1.64. The first-order valence-corrected chi connectivity index (χ1v) is 6.52. The molecule has 1 aromatic carbocycles. The summed E-state index contributed by atoms with van der Waals surface area (Å²) in [6, 6.07) is 5.89. The van der Waals surface area contributed by atoms with E-state index < -0.39 is 0 Å². The quantitative estimate of drug-likeness (QED) is 0.829. The normalized spacial score (nSPS) is 18.0. The maximum atomic E-state index is 11.7. The zero-order chi connectivity index (χ0) is 13.1. The van der Waals surface area contributed by atoms with Crippen LogP contribution in [0.4, 0.5) is 0 Å². The molecule has 1 amide bonds. The van der Waals surface area contributed by atoms with E-state index in [2.05, 4.69) is 5.32 Å². The summed E-state index contributed by atoms with van der Waals surface area (Å²) in [7, 11) is 1.68. The molecule has 0 spiro atoms. The van der Waals surface area contributed by atoms with Gasteiger partial charge in [0.05, 0.1) is 0 Å². The van der Waals surface area contributed by atoms with Gasteiger partial charge in [0.15, 0.2) is 5.78 Å². The number of nitrogens with one attached hydrogen (secondary N) is 1. The monoisotopic (exact) mass is 245 g/mol. The summed E-state index contributed by atoms with van der Waals surface area (Å²) in [6.07, 6.45) is 3.09. The first-order chi connectivity index (χ1) is 8.65. The number of rotatable bonds is 3. The van der Waals surface area contributed by atoms with Crippen molar-refractivity contribution in [1.29, 1.82) is 0 Å². The molecular formula is C15H19NO2. The molecule has 96 valence electrons. The summed E-state index contributed by atoms with van der Waals surface area (Å²) in [6.45, 7) is 1.88. The van der Waals surface area contributed by atoms with Crippen LogP contribution in [0.2, 0.25) is 0 Å². The molecule has 1 unspecified atom stereocenters. The molecule has 0 aromatic heterocycles. The fourth-order valence-corrected chi connectivity index (χ4v) is 2.56. The number of amides is 1. The van der Waals surface area contributed by atoms with E-state index in [9.17, 15) is 9.59 Å². The van der Waals surface area contributed by atoms with E-state index >= 15 is 0 Å². The Labute approximate surface area is 108 Å². The summed E-state index contributed by atoms with van der Waals surface area (Å²) < 4.78 is 0. The Morgan fingerprint density at radius 1 is 1.33 bits per heavy atom. The SMILES string of the molecule is CCC(=O)c1ccc2c(c1)CCC(C(=O)NC)C2. The van der Waals surface area contributed by atoms with E-state index in [-0.39, 0.29) is 17.6 Å². The third-order valence-electron chi connectivity index (χ3n) is 3.69. The average molecular weight is 245 g/mol. The minimum atomic E-state index is 0.0789. The molecule has 0 bridgehead atoms. The third kappa shape index (κ3) is 2.45. The zero-order valence-corrected chi connectivity index (χ0v) is 11.0. The summed E-state index contributed by atoms with van der Waals surface area (Å²) in [5.41, 5.74) is 3.24. The maximum Gasteiger partial charge on any atom is 0.223 e. The second-order valence-electron chi connectivity index (χ2n) is 4.81. The topological polar surface area (TPSA) is 46.2 Å². The molecule has 1 aliphatic carbocycles. The minimum absolute atomic E-state index is 0.0789. The van der Waals surface area contributed by atoms with Crippen LogP contribution >= 0.6 is 0 Å². The van der Waals surface area contributed by atoms with E-state index in [1.54, 1.807) is 7.05 Å². The second-order valence-corrected chi connectivity index (χ2v) is 4.81. The number of Topliss-reactive ketones (excluding diaryl/α,β-unsaturated/α-hetero) is 1. The highest BCUT2D eigenvalue weighted by molar-refractivity contribution is 5.96. The Bertz CT molecular complexity index is 479. The van der Waals surface area contributed by atoms with Gasteiger partial charge >= 0.3 is 0 Å². The molecule has 0 saturated carbocycles. The Morgan fingerprint density at radius 2 is 2.11 bits per heavy atom. The minimum Gasteiger partial charge on any atom is -0.359 e. The van der Waals surface area contributed by atoms with Crippen LogP contribution in [0.3, 0.4) is 0 Å². The first kappa shape index (κ1) is 12.8. The van der Waals surface area contributed by atoms with E-state index in [0.717, 1.165) is 24.8 Å². The number of aryl methyl sites for hydroxylation is 1. The fraction of sp³-hybridized carbons (Fsp3) is 0.467. The molecular weight excluding hydrogens is 226 g/mol. The fourth-order valence-electron chi connectivity index (χ4n) is 2.56. The first-order valence-electron chi connectivity index (χ1n) is 6.52. The lowest BCUT2D eigenvalue weighted by atomic mass is 9.82. The van der Waals surface area contributed by atoms with Crippen LogP contribution in [-0.2, 0) is 17.6 Å². The van der Waals surface area contributed by atoms with E-state index in [4.69, 9.17) is 0 Å². The molecule has 3 heteroatoms. The van der Waals surface area contributed by atoms with Crippen LogP contribution in [0.1, 0.15) is 41.3 Å². The lowest BCUT2D eigenvalue weighted by Crippen LogP contribution is -2.31. The highest BCUT2D eigenvalue weighted by Gasteiger charge is 2.24. The van der Waals surface area contributed by atoms with Gasteiger partial charge in [0.1, 0.15) is 0 Å². The lowest BCUT2D eigenvalue weighted by molar-refractivity contribution is -0.124. The van der Waals surface area contributed by atoms with Crippen LogP contribution in [0.5, 0.6) is 0 Å². The largest absolute Gasteiger partial charge is 0.359 e. The standard InChI is InChI=1S/C15H19NO2/c1-3-14(17)12-6-4-11-9-13(15(18)16-2)7-5-10(11)8-12/h4,6,8,13H,3,5,7,9H2,1-2H3,(H,16,18). The number of hydrogen-bond donors (Lipinski definition) is 1. The average Bonchev–Trinajstić information content (AvgIpc) is 2.44. The van der Waals surface area contributed by atoms with Crippen molar-refractivity contribution in [2.45, 2.75) is 32.6 Å². The van der Waals surface area contributed by atoms with Gasteiger partial charge in [-0.25, -0.2) is 0 Å². The van der Waals surface area contributed by atoms with Gasteiger partial charge in [-0.05, 0) is 36.5 Å². The van der Waals surface area contributed by atoms with E-state index in [1.807, 2.05) is 25.1 Å². The van der Waals surface area contributed by atoms with Gasteiger partial charge in [-0.3, -0.25) is 9.59 Å². The number of carbonyl (C=O) groups is 2. The van der Waals surface area contributed by atoms with Crippen molar-refractivity contribution in [1.82, 2.24) is 5.32 Å². The summed E-state index contributed by atoms with van der Waals surface area (Å²) >= 11 is 0. The van der Waals surface area contributed by atoms with Crippen LogP contribution in [0.25, 0.3) is 0 Å². The van der Waals surface area contributed by atoms with Crippen molar-refractivity contribution in [3.8, 4) is 0 Å². The van der Waals surface area contributed by atoms with Gasteiger partial charge in [0, 0.05) is 24.9 Å². The highest BCUT2D eigenvalue weighted by atomic mass is 16.1. The molecule has 1 atom stereocenters. The molecule has 18 heavy (non-hydrogen) atoms. The van der Waals surface area contributed by atoms with Crippen molar-refractivity contribution in [2.24, 2.45) is 5.92 Å². The predicted octanol–water partition coefficient (Wildman–Crippen LogP) is 2.13. The Balaban J connectivity index is 2.20. The van der Waals surface area contributed by atoms with Gasteiger partial charge in [0.2, 0.25) is 5.91 Å². The summed E-state index contributed by atoms with van der Waals surface area (Å²) in [4.78, 5) is 23.3. The molecule has 1 aromatic rings. The number of fused-ring (bicyclic) bond motifs is 1. The summed E-state index contributed by atoms with van der Waals surface area (Å²) in [5.74, 6) is 0.385. The van der Waals surface area contributed by atoms with Crippen LogP contribution in [-0.4, -0.2) is 18.7 Å². The summed E-state index contributed by atoms with van der Waals surface area (Å²) in [5, 5.41) is 2.71. The Kier molecular flexibility index (Phi) is 3.80. The zero-order valence-electron chi connectivity index (χ0n) is 11.0. The molecule has 0 saturated heterocycles. The third-order valence-corrected chi connectivity index (χ3v) is 3.69. The smallest absolute Gasteiger partial charge is 0.223 e. The van der Waals surface area contributed by atoms with E-state index in [1.165, 1.54) is 11.1 Å². The lowest BCUT2D eigenvalue weighted by Gasteiger charge is -2.23.